The van der Waals surface area contributed by atoms with Crippen LogP contribution in [0.4, 0.5) is 0 Å². The molecule has 182 valence electrons. The highest BCUT2D eigenvalue weighted by atomic mass is 16.5. The molecule has 1 heterocycles. The highest BCUT2D eigenvalue weighted by Gasteiger charge is 2.27. The molecule has 35 heavy (non-hydrogen) atoms. The first-order valence-electron chi connectivity index (χ1n) is 11.3. The fraction of sp³-hybridized carbons (Fsp3) is 0.259. The number of nitrogens with one attached hydrogen (secondary N) is 2. The first-order valence-corrected chi connectivity index (χ1v) is 11.3. The molecule has 0 aliphatic carbocycles. The molecule has 1 amide bonds. The van der Waals surface area contributed by atoms with Gasteiger partial charge in [0.15, 0.2) is 6.61 Å². The Morgan fingerprint density at radius 1 is 0.914 bits per heavy atom. The minimum atomic E-state index is -1.00. The minimum Gasteiger partial charge on any atom is -0.462 e. The van der Waals surface area contributed by atoms with E-state index in [1.54, 1.807) is 51.1 Å². The van der Waals surface area contributed by atoms with E-state index in [9.17, 15) is 19.2 Å². The number of hydrogen-bond donors (Lipinski definition) is 2. The molecule has 0 fully saturated rings. The van der Waals surface area contributed by atoms with Crippen LogP contribution in [0.2, 0.25) is 0 Å². The Morgan fingerprint density at radius 3 is 2.17 bits per heavy atom. The van der Waals surface area contributed by atoms with Crippen LogP contribution in [0.5, 0.6) is 0 Å². The number of benzene rings is 2. The number of hydrogen-bond acceptors (Lipinski definition) is 6. The third kappa shape index (κ3) is 6.44. The van der Waals surface area contributed by atoms with Crippen LogP contribution in [0.25, 0.3) is 0 Å². The lowest BCUT2D eigenvalue weighted by molar-refractivity contribution is -0.144. The highest BCUT2D eigenvalue weighted by molar-refractivity contribution is 6.03. The number of rotatable bonds is 10. The molecule has 1 aromatic heterocycles. The quantitative estimate of drug-likeness (QED) is 0.342. The fourth-order valence-corrected chi connectivity index (χ4v) is 3.72. The van der Waals surface area contributed by atoms with Crippen LogP contribution >= 0.6 is 0 Å². The Morgan fingerprint density at radius 2 is 1.54 bits per heavy atom. The summed E-state index contributed by atoms with van der Waals surface area (Å²) in [5.74, 6) is -2.19. The lowest BCUT2D eigenvalue weighted by Crippen LogP contribution is -2.43. The number of aromatic amines is 1. The minimum absolute atomic E-state index is 0.172. The lowest BCUT2D eigenvalue weighted by Gasteiger charge is -2.18. The van der Waals surface area contributed by atoms with Crippen molar-refractivity contribution in [1.82, 2.24) is 10.3 Å². The molecule has 3 aromatic rings. The van der Waals surface area contributed by atoms with Crippen molar-refractivity contribution in [2.45, 2.75) is 33.2 Å². The Balaban J connectivity index is 1.72. The van der Waals surface area contributed by atoms with E-state index in [2.05, 4.69) is 10.3 Å². The first kappa shape index (κ1) is 25.4. The normalized spacial score (nSPS) is 11.4. The molecule has 0 saturated heterocycles. The standard InChI is InChI=1S/C27H28N2O6/c1-4-34-27(33)23-17(2)24(28-18(23)3)22(30)16-35-26(32)21(15-19-11-7-5-8-12-19)29-25(31)20-13-9-6-10-14-20/h5-14,21,28H,4,15-16H2,1-3H3,(H,29,31). The first-order chi connectivity index (χ1) is 16.8. The number of Topliss-reactive ketones (excluding diaryl/α,β-unsaturated/α-hetero) is 1. The number of ether oxygens (including phenoxy) is 2. The molecule has 8 nitrogen and oxygen atoms in total. The summed E-state index contributed by atoms with van der Waals surface area (Å²) in [7, 11) is 0. The second kappa shape index (κ2) is 11.8. The fourth-order valence-electron chi connectivity index (χ4n) is 3.72. The summed E-state index contributed by atoms with van der Waals surface area (Å²) in [4.78, 5) is 53.5. The Hall–Kier alpha value is -4.20. The maximum atomic E-state index is 12.9. The molecule has 0 saturated carbocycles. The van der Waals surface area contributed by atoms with E-state index >= 15 is 0 Å². The molecule has 2 N–H and O–H groups in total. The van der Waals surface area contributed by atoms with E-state index in [1.807, 2.05) is 30.3 Å². The summed E-state index contributed by atoms with van der Waals surface area (Å²) in [6.45, 7) is 4.65. The molecule has 0 radical (unpaired) electrons. The highest BCUT2D eigenvalue weighted by Crippen LogP contribution is 2.20. The topological polar surface area (TPSA) is 115 Å². The van der Waals surface area contributed by atoms with E-state index in [0.29, 0.717) is 22.4 Å². The average Bonchev–Trinajstić information content (AvgIpc) is 3.17. The molecule has 2 aromatic carbocycles. The summed E-state index contributed by atoms with van der Waals surface area (Å²) >= 11 is 0. The van der Waals surface area contributed by atoms with E-state index in [0.717, 1.165) is 5.56 Å². The molecule has 0 aliphatic rings. The summed E-state index contributed by atoms with van der Waals surface area (Å²) in [6, 6.07) is 16.7. The Kier molecular flexibility index (Phi) is 8.56. The van der Waals surface area contributed by atoms with Crippen LogP contribution in [0.3, 0.4) is 0 Å². The van der Waals surface area contributed by atoms with Crippen molar-refractivity contribution in [3.63, 3.8) is 0 Å². The number of carbonyl (C=O) groups is 4. The number of H-pyrrole nitrogens is 1. The number of ketones is 1. The van der Waals surface area contributed by atoms with Crippen LogP contribution in [0.15, 0.2) is 60.7 Å². The maximum absolute atomic E-state index is 12.9. The number of aromatic nitrogens is 1. The predicted octanol–water partition coefficient (Wildman–Crippen LogP) is 3.58. The van der Waals surface area contributed by atoms with Gasteiger partial charge in [0.2, 0.25) is 5.78 Å². The summed E-state index contributed by atoms with van der Waals surface area (Å²) in [5.41, 5.74) is 2.61. The lowest BCUT2D eigenvalue weighted by atomic mass is 10.1. The van der Waals surface area contributed by atoms with Gasteiger partial charge in [0, 0.05) is 17.7 Å². The van der Waals surface area contributed by atoms with E-state index in [-0.39, 0.29) is 18.7 Å². The van der Waals surface area contributed by atoms with Gasteiger partial charge >= 0.3 is 11.9 Å². The van der Waals surface area contributed by atoms with Gasteiger partial charge in [0.1, 0.15) is 6.04 Å². The van der Waals surface area contributed by atoms with Gasteiger partial charge in [-0.25, -0.2) is 9.59 Å². The zero-order chi connectivity index (χ0) is 25.4. The van der Waals surface area contributed by atoms with Crippen molar-refractivity contribution >= 4 is 23.6 Å². The molecule has 8 heteroatoms. The number of aryl methyl sites for hydroxylation is 1. The zero-order valence-electron chi connectivity index (χ0n) is 19.9. The van der Waals surface area contributed by atoms with Crippen LogP contribution in [0, 0.1) is 13.8 Å². The molecule has 3 rings (SSSR count). The Bertz CT molecular complexity index is 1200. The number of amides is 1. The molecule has 0 aliphatic heterocycles. The molecule has 1 unspecified atom stereocenters. The predicted molar refractivity (Wildman–Crippen MR) is 129 cm³/mol. The van der Waals surface area contributed by atoms with E-state index in [4.69, 9.17) is 9.47 Å². The van der Waals surface area contributed by atoms with Gasteiger partial charge in [-0.1, -0.05) is 48.5 Å². The summed E-state index contributed by atoms with van der Waals surface area (Å²) in [5, 5.41) is 2.70. The van der Waals surface area contributed by atoms with Crippen LogP contribution in [-0.4, -0.2) is 47.9 Å². The average molecular weight is 477 g/mol. The van der Waals surface area contributed by atoms with E-state index in [1.165, 1.54) is 0 Å². The smallest absolute Gasteiger partial charge is 0.340 e. The number of esters is 2. The van der Waals surface area contributed by atoms with Crippen molar-refractivity contribution < 1.29 is 28.7 Å². The summed E-state index contributed by atoms with van der Waals surface area (Å²) in [6.07, 6.45) is 0.195. The zero-order valence-corrected chi connectivity index (χ0v) is 19.9. The van der Waals surface area contributed by atoms with Gasteiger partial charge in [-0.3, -0.25) is 9.59 Å². The van der Waals surface area contributed by atoms with Crippen molar-refractivity contribution in [2.75, 3.05) is 13.2 Å². The second-order valence-corrected chi connectivity index (χ2v) is 7.96. The van der Waals surface area contributed by atoms with Crippen molar-refractivity contribution in [3.8, 4) is 0 Å². The van der Waals surface area contributed by atoms with Gasteiger partial charge < -0.3 is 19.8 Å². The van der Waals surface area contributed by atoms with Gasteiger partial charge in [-0.05, 0) is 44.0 Å². The molecule has 0 spiro atoms. The largest absolute Gasteiger partial charge is 0.462 e. The van der Waals surface area contributed by atoms with Crippen molar-refractivity contribution in [3.05, 3.63) is 94.3 Å². The van der Waals surface area contributed by atoms with Crippen LogP contribution in [-0.2, 0) is 20.7 Å². The van der Waals surface area contributed by atoms with Crippen LogP contribution < -0.4 is 5.32 Å². The van der Waals surface area contributed by atoms with Crippen LogP contribution in [0.1, 0.15) is 54.9 Å². The second-order valence-electron chi connectivity index (χ2n) is 7.96. The van der Waals surface area contributed by atoms with Gasteiger partial charge in [0.05, 0.1) is 17.9 Å². The molecular formula is C27H28N2O6. The maximum Gasteiger partial charge on any atom is 0.340 e. The van der Waals surface area contributed by atoms with Gasteiger partial charge in [0.25, 0.3) is 5.91 Å². The van der Waals surface area contributed by atoms with Crippen molar-refractivity contribution in [1.29, 1.82) is 0 Å². The summed E-state index contributed by atoms with van der Waals surface area (Å²) < 4.78 is 10.3. The van der Waals surface area contributed by atoms with Crippen molar-refractivity contribution in [2.24, 2.45) is 0 Å². The third-order valence-corrected chi connectivity index (χ3v) is 5.45. The van der Waals surface area contributed by atoms with E-state index < -0.39 is 36.3 Å². The Labute approximate surface area is 203 Å². The van der Waals surface area contributed by atoms with Gasteiger partial charge in [-0.15, -0.1) is 0 Å². The molecule has 1 atom stereocenters. The monoisotopic (exact) mass is 476 g/mol. The third-order valence-electron chi connectivity index (χ3n) is 5.45. The SMILES string of the molecule is CCOC(=O)c1c(C)[nH]c(C(=O)COC(=O)C(Cc2ccccc2)NC(=O)c2ccccc2)c1C. The molecular weight excluding hydrogens is 448 g/mol. The molecule has 0 bridgehead atoms. The number of carbonyl (C=O) groups excluding carboxylic acids is 4. The van der Waals surface area contributed by atoms with Gasteiger partial charge in [-0.2, -0.15) is 0 Å².